The summed E-state index contributed by atoms with van der Waals surface area (Å²) in [7, 11) is 4.79. The van der Waals surface area contributed by atoms with Gasteiger partial charge in [-0.2, -0.15) is 0 Å². The molecule has 0 aliphatic rings. The predicted octanol–water partition coefficient (Wildman–Crippen LogP) is 4.43. The first kappa shape index (κ1) is 27.2. The summed E-state index contributed by atoms with van der Waals surface area (Å²) < 4.78 is 16.0. The van der Waals surface area contributed by atoms with Gasteiger partial charge in [0.25, 0.3) is 5.91 Å². The lowest BCUT2D eigenvalue weighted by molar-refractivity contribution is -0.132. The van der Waals surface area contributed by atoms with E-state index in [1.165, 1.54) is 0 Å². The van der Waals surface area contributed by atoms with Gasteiger partial charge in [0.15, 0.2) is 11.5 Å². The summed E-state index contributed by atoms with van der Waals surface area (Å²) in [6, 6.07) is 17.1. The Bertz CT molecular complexity index is 1120. The molecule has 192 valence electrons. The minimum absolute atomic E-state index is 0.0205. The molecule has 0 fully saturated rings. The average Bonchev–Trinajstić information content (AvgIpc) is 3.41. The molecule has 2 amide bonds. The maximum Gasteiger partial charge on any atom is 0.254 e. The van der Waals surface area contributed by atoms with Crippen LogP contribution in [0.4, 0.5) is 0 Å². The molecule has 0 saturated carbocycles. The van der Waals surface area contributed by atoms with Crippen LogP contribution in [0.3, 0.4) is 0 Å². The van der Waals surface area contributed by atoms with Crippen LogP contribution in [0.25, 0.3) is 0 Å². The Labute approximate surface area is 217 Å². The van der Waals surface area contributed by atoms with Crippen molar-refractivity contribution in [2.45, 2.75) is 19.9 Å². The van der Waals surface area contributed by atoms with Gasteiger partial charge in [-0.15, -0.1) is 11.3 Å². The fourth-order valence-electron chi connectivity index (χ4n) is 3.78. The van der Waals surface area contributed by atoms with Gasteiger partial charge < -0.3 is 24.0 Å². The third kappa shape index (κ3) is 7.57. The van der Waals surface area contributed by atoms with E-state index in [9.17, 15) is 9.59 Å². The predicted molar refractivity (Wildman–Crippen MR) is 142 cm³/mol. The number of rotatable bonds is 13. The molecule has 36 heavy (non-hydrogen) atoms. The van der Waals surface area contributed by atoms with Crippen molar-refractivity contribution in [3.05, 3.63) is 81.5 Å². The standard InChI is InChI=1S/C28H34N2O5S/c1-21-7-10-23(11-8-21)28(32)30(15-16-33-2)20-27(31)29(19-24-6-5-17-36-24)14-13-22-9-12-25(34-3)26(18-22)35-4/h5-12,17-18H,13-16,19-20H2,1-4H3. The summed E-state index contributed by atoms with van der Waals surface area (Å²) in [5, 5.41) is 2.00. The highest BCUT2D eigenvalue weighted by molar-refractivity contribution is 7.09. The Morgan fingerprint density at radius 2 is 1.64 bits per heavy atom. The Hall–Kier alpha value is -3.36. The number of hydrogen-bond acceptors (Lipinski definition) is 6. The van der Waals surface area contributed by atoms with Crippen molar-refractivity contribution in [3.8, 4) is 11.5 Å². The number of hydrogen-bond donors (Lipinski definition) is 0. The summed E-state index contributed by atoms with van der Waals surface area (Å²) in [6.45, 7) is 3.62. The quantitative estimate of drug-likeness (QED) is 0.340. The summed E-state index contributed by atoms with van der Waals surface area (Å²) >= 11 is 1.61. The Morgan fingerprint density at radius 1 is 0.889 bits per heavy atom. The number of amides is 2. The number of nitrogens with zero attached hydrogens (tertiary/aromatic N) is 2. The van der Waals surface area contributed by atoms with E-state index >= 15 is 0 Å². The lowest BCUT2D eigenvalue weighted by Crippen LogP contribution is -2.44. The molecule has 7 nitrogen and oxygen atoms in total. The van der Waals surface area contributed by atoms with Crippen LogP contribution < -0.4 is 9.47 Å². The molecule has 0 spiro atoms. The van der Waals surface area contributed by atoms with Crippen LogP contribution in [-0.2, 0) is 22.5 Å². The van der Waals surface area contributed by atoms with E-state index in [0.29, 0.717) is 49.7 Å². The molecule has 0 aliphatic heterocycles. The molecule has 0 unspecified atom stereocenters. The van der Waals surface area contributed by atoms with Gasteiger partial charge in [-0.25, -0.2) is 0 Å². The number of ether oxygens (including phenoxy) is 3. The van der Waals surface area contributed by atoms with Gasteiger partial charge in [0.05, 0.1) is 27.4 Å². The Morgan fingerprint density at radius 3 is 2.28 bits per heavy atom. The van der Waals surface area contributed by atoms with E-state index in [1.54, 1.807) is 49.7 Å². The third-order valence-corrected chi connectivity index (χ3v) is 6.74. The second-order valence-corrected chi connectivity index (χ2v) is 9.45. The molecular weight excluding hydrogens is 476 g/mol. The molecule has 8 heteroatoms. The molecule has 0 bridgehead atoms. The maximum absolute atomic E-state index is 13.5. The molecule has 0 radical (unpaired) electrons. The van der Waals surface area contributed by atoms with E-state index < -0.39 is 0 Å². The molecule has 3 rings (SSSR count). The number of carbonyl (C=O) groups is 2. The highest BCUT2D eigenvalue weighted by Crippen LogP contribution is 2.28. The van der Waals surface area contributed by atoms with Crippen molar-refractivity contribution in [2.24, 2.45) is 0 Å². The van der Waals surface area contributed by atoms with E-state index in [4.69, 9.17) is 14.2 Å². The molecule has 0 saturated heterocycles. The minimum Gasteiger partial charge on any atom is -0.493 e. The van der Waals surface area contributed by atoms with Crippen LogP contribution in [0.1, 0.15) is 26.4 Å². The van der Waals surface area contributed by atoms with E-state index in [2.05, 4.69) is 0 Å². The SMILES string of the molecule is COCCN(CC(=O)N(CCc1ccc(OC)c(OC)c1)Cc1cccs1)C(=O)c1ccc(C)cc1. The number of benzene rings is 2. The lowest BCUT2D eigenvalue weighted by Gasteiger charge is -2.28. The molecule has 1 heterocycles. The van der Waals surface area contributed by atoms with Crippen LogP contribution in [0.5, 0.6) is 11.5 Å². The molecule has 0 aliphatic carbocycles. The van der Waals surface area contributed by atoms with Crippen molar-refractivity contribution in [1.29, 1.82) is 0 Å². The molecule has 3 aromatic rings. The van der Waals surface area contributed by atoms with Crippen molar-refractivity contribution < 1.29 is 23.8 Å². The summed E-state index contributed by atoms with van der Waals surface area (Å²) in [5.74, 6) is 1.02. The largest absolute Gasteiger partial charge is 0.493 e. The second-order valence-electron chi connectivity index (χ2n) is 8.42. The molecule has 2 aromatic carbocycles. The van der Waals surface area contributed by atoms with Gasteiger partial charge in [-0.05, 0) is 54.6 Å². The Balaban J connectivity index is 1.76. The number of carbonyl (C=O) groups excluding carboxylic acids is 2. The molecule has 0 atom stereocenters. The summed E-state index contributed by atoms with van der Waals surface area (Å²) in [4.78, 5) is 31.2. The highest BCUT2D eigenvalue weighted by atomic mass is 32.1. The van der Waals surface area contributed by atoms with E-state index in [1.807, 2.05) is 59.7 Å². The topological polar surface area (TPSA) is 68.3 Å². The highest BCUT2D eigenvalue weighted by Gasteiger charge is 2.23. The van der Waals surface area contributed by atoms with Crippen molar-refractivity contribution in [3.63, 3.8) is 0 Å². The summed E-state index contributed by atoms with van der Waals surface area (Å²) in [5.41, 5.74) is 2.66. The minimum atomic E-state index is -0.184. The number of aryl methyl sites for hydroxylation is 1. The van der Waals surface area contributed by atoms with Crippen LogP contribution in [-0.4, -0.2) is 69.2 Å². The zero-order valence-electron chi connectivity index (χ0n) is 21.4. The van der Waals surface area contributed by atoms with E-state index in [-0.39, 0.29) is 18.4 Å². The normalized spacial score (nSPS) is 10.7. The van der Waals surface area contributed by atoms with Crippen LogP contribution in [0, 0.1) is 6.92 Å². The van der Waals surface area contributed by atoms with Gasteiger partial charge in [-0.3, -0.25) is 9.59 Å². The first-order valence-electron chi connectivity index (χ1n) is 11.8. The summed E-state index contributed by atoms with van der Waals surface area (Å²) in [6.07, 6.45) is 0.640. The fraction of sp³-hybridized carbons (Fsp3) is 0.357. The van der Waals surface area contributed by atoms with Gasteiger partial charge >= 0.3 is 0 Å². The van der Waals surface area contributed by atoms with Crippen LogP contribution in [0.2, 0.25) is 0 Å². The second kappa shape index (κ2) is 13.7. The Kier molecular flexibility index (Phi) is 10.3. The maximum atomic E-state index is 13.5. The van der Waals surface area contributed by atoms with Gasteiger partial charge in [-0.1, -0.05) is 29.8 Å². The van der Waals surface area contributed by atoms with Crippen molar-refractivity contribution in [1.82, 2.24) is 9.80 Å². The molecule has 1 aromatic heterocycles. The van der Waals surface area contributed by atoms with Crippen LogP contribution in [0.15, 0.2) is 60.0 Å². The number of methoxy groups -OCH3 is 3. The van der Waals surface area contributed by atoms with Gasteiger partial charge in [0.1, 0.15) is 6.54 Å². The first-order chi connectivity index (χ1) is 17.4. The van der Waals surface area contributed by atoms with Gasteiger partial charge in [0.2, 0.25) is 5.91 Å². The van der Waals surface area contributed by atoms with Crippen molar-refractivity contribution >= 4 is 23.2 Å². The monoisotopic (exact) mass is 510 g/mol. The first-order valence-corrected chi connectivity index (χ1v) is 12.7. The molecule has 0 N–H and O–H groups in total. The van der Waals surface area contributed by atoms with Crippen molar-refractivity contribution in [2.75, 3.05) is 47.6 Å². The smallest absolute Gasteiger partial charge is 0.254 e. The zero-order chi connectivity index (χ0) is 25.9. The lowest BCUT2D eigenvalue weighted by atomic mass is 10.1. The van der Waals surface area contributed by atoms with Gasteiger partial charge in [0, 0.05) is 30.6 Å². The average molecular weight is 511 g/mol. The molecular formula is C28H34N2O5S. The number of thiophene rings is 1. The van der Waals surface area contributed by atoms with Crippen LogP contribution >= 0.6 is 11.3 Å². The fourth-order valence-corrected chi connectivity index (χ4v) is 4.50. The van der Waals surface area contributed by atoms with E-state index in [0.717, 1.165) is 16.0 Å². The third-order valence-electron chi connectivity index (χ3n) is 5.88. The zero-order valence-corrected chi connectivity index (χ0v) is 22.2.